The van der Waals surface area contributed by atoms with E-state index in [2.05, 4.69) is 10.3 Å². The van der Waals surface area contributed by atoms with Crippen LogP contribution < -0.4 is 20.3 Å². The predicted molar refractivity (Wildman–Crippen MR) is 126 cm³/mol. The van der Waals surface area contributed by atoms with Gasteiger partial charge in [-0.25, -0.2) is 0 Å². The van der Waals surface area contributed by atoms with E-state index < -0.39 is 11.5 Å². The van der Waals surface area contributed by atoms with Crippen molar-refractivity contribution < 1.29 is 19.1 Å². The number of para-hydroxylation sites is 1. The zero-order chi connectivity index (χ0) is 23.7. The van der Waals surface area contributed by atoms with Crippen LogP contribution in [-0.4, -0.2) is 30.9 Å². The number of H-pyrrole nitrogens is 1. The van der Waals surface area contributed by atoms with Crippen molar-refractivity contribution >= 4 is 17.4 Å². The number of hydrogen-bond acceptors (Lipinski definition) is 5. The summed E-state index contributed by atoms with van der Waals surface area (Å²) < 4.78 is 10.7. The highest BCUT2D eigenvalue weighted by atomic mass is 16.5. The van der Waals surface area contributed by atoms with Crippen molar-refractivity contribution in [2.45, 2.75) is 32.6 Å². The predicted octanol–water partition coefficient (Wildman–Crippen LogP) is 4.17. The summed E-state index contributed by atoms with van der Waals surface area (Å²) >= 11 is 0. The molecular weight excluding hydrogens is 420 g/mol. The molecule has 0 radical (unpaired) electrons. The van der Waals surface area contributed by atoms with Crippen LogP contribution in [0, 0.1) is 13.8 Å². The van der Waals surface area contributed by atoms with E-state index in [0.29, 0.717) is 34.9 Å². The van der Waals surface area contributed by atoms with E-state index in [1.54, 1.807) is 20.3 Å². The minimum atomic E-state index is -0.536. The number of pyridine rings is 1. The van der Waals surface area contributed by atoms with Crippen molar-refractivity contribution in [1.82, 2.24) is 4.98 Å². The number of carbonyl (C=O) groups excluding carboxylic acids is 2. The monoisotopic (exact) mass is 446 g/mol. The molecular formula is C26H26N2O5. The zero-order valence-electron chi connectivity index (χ0n) is 19.1. The van der Waals surface area contributed by atoms with Gasteiger partial charge in [-0.05, 0) is 61.1 Å². The van der Waals surface area contributed by atoms with Gasteiger partial charge in [0.15, 0.2) is 17.3 Å². The molecule has 0 bridgehead atoms. The molecule has 1 aliphatic carbocycles. The lowest BCUT2D eigenvalue weighted by molar-refractivity contribution is 0.0963. The van der Waals surface area contributed by atoms with Crippen molar-refractivity contribution in [2.24, 2.45) is 0 Å². The van der Waals surface area contributed by atoms with Crippen LogP contribution in [0.15, 0.2) is 47.3 Å². The summed E-state index contributed by atoms with van der Waals surface area (Å²) in [5.41, 5.74) is 3.71. The number of amides is 1. The summed E-state index contributed by atoms with van der Waals surface area (Å²) in [5, 5.41) is 2.82. The second kappa shape index (κ2) is 8.94. The van der Waals surface area contributed by atoms with Gasteiger partial charge >= 0.3 is 0 Å². The molecule has 0 saturated heterocycles. The Morgan fingerprint density at radius 1 is 0.970 bits per heavy atom. The maximum Gasteiger partial charge on any atom is 0.261 e. The SMILES string of the molecule is COc1ccc([C@H]2CC(=O)c3cc(C(=O)Nc4c(C)cccc4C)c(=O)[nH]c3C2)cc1OC. The highest BCUT2D eigenvalue weighted by molar-refractivity contribution is 6.07. The van der Waals surface area contributed by atoms with E-state index in [-0.39, 0.29) is 23.7 Å². The van der Waals surface area contributed by atoms with Crippen LogP contribution in [0.4, 0.5) is 5.69 Å². The van der Waals surface area contributed by atoms with Crippen LogP contribution >= 0.6 is 0 Å². The standard InChI is InChI=1S/C26H26N2O5/c1-14-6-5-7-15(2)24(14)28-26(31)19-13-18-20(27-25(19)30)10-17(11-21(18)29)16-8-9-22(32-3)23(12-16)33-4/h5-9,12-13,17H,10-11H2,1-4H3,(H,27,30)(H,28,31)/t17-/m1/s1. The maximum atomic E-state index is 13.0. The average molecular weight is 447 g/mol. The van der Waals surface area contributed by atoms with E-state index in [1.165, 1.54) is 6.07 Å². The Balaban J connectivity index is 1.63. The number of methoxy groups -OCH3 is 2. The molecule has 1 amide bonds. The molecule has 0 saturated carbocycles. The lowest BCUT2D eigenvalue weighted by atomic mass is 9.81. The Morgan fingerprint density at radius 3 is 2.33 bits per heavy atom. The fraction of sp³-hybridized carbons (Fsp3) is 0.269. The second-order valence-corrected chi connectivity index (χ2v) is 8.27. The molecule has 1 aromatic heterocycles. The molecule has 0 fully saturated rings. The molecule has 4 rings (SSSR count). The number of aromatic nitrogens is 1. The number of Topliss-reactive ketones (excluding diaryl/α,β-unsaturated/α-hetero) is 1. The largest absolute Gasteiger partial charge is 0.493 e. The van der Waals surface area contributed by atoms with Gasteiger partial charge in [-0.15, -0.1) is 0 Å². The third kappa shape index (κ3) is 4.26. The van der Waals surface area contributed by atoms with Crippen LogP contribution in [-0.2, 0) is 6.42 Å². The van der Waals surface area contributed by atoms with Gasteiger partial charge in [-0.2, -0.15) is 0 Å². The van der Waals surface area contributed by atoms with Crippen molar-refractivity contribution in [3.05, 3.63) is 86.3 Å². The number of ether oxygens (including phenoxy) is 2. The van der Waals surface area contributed by atoms with Crippen LogP contribution in [0.2, 0.25) is 0 Å². The summed E-state index contributed by atoms with van der Waals surface area (Å²) in [6, 6.07) is 12.7. The topological polar surface area (TPSA) is 97.5 Å². The first-order chi connectivity index (χ1) is 15.8. The molecule has 3 aromatic rings. The number of hydrogen-bond donors (Lipinski definition) is 2. The van der Waals surface area contributed by atoms with E-state index in [0.717, 1.165) is 16.7 Å². The Morgan fingerprint density at radius 2 is 1.67 bits per heavy atom. The van der Waals surface area contributed by atoms with Crippen LogP contribution in [0.3, 0.4) is 0 Å². The minimum absolute atomic E-state index is 0.0747. The maximum absolute atomic E-state index is 13.0. The minimum Gasteiger partial charge on any atom is -0.493 e. The number of rotatable bonds is 5. The molecule has 7 nitrogen and oxygen atoms in total. The summed E-state index contributed by atoms with van der Waals surface area (Å²) in [6.07, 6.45) is 0.747. The van der Waals surface area contributed by atoms with Crippen molar-refractivity contribution in [3.8, 4) is 11.5 Å². The fourth-order valence-corrected chi connectivity index (χ4v) is 4.33. The van der Waals surface area contributed by atoms with Gasteiger partial charge in [0.25, 0.3) is 11.5 Å². The number of aryl methyl sites for hydroxylation is 2. The smallest absolute Gasteiger partial charge is 0.261 e. The third-order valence-corrected chi connectivity index (χ3v) is 6.15. The van der Waals surface area contributed by atoms with Crippen molar-refractivity contribution in [2.75, 3.05) is 19.5 Å². The van der Waals surface area contributed by atoms with Crippen LogP contribution in [0.25, 0.3) is 0 Å². The normalized spacial score (nSPS) is 15.0. The number of anilines is 1. The van der Waals surface area contributed by atoms with Gasteiger partial charge in [-0.1, -0.05) is 24.3 Å². The number of benzene rings is 2. The Bertz CT molecular complexity index is 1290. The molecule has 2 N–H and O–H groups in total. The first kappa shape index (κ1) is 22.3. The third-order valence-electron chi connectivity index (χ3n) is 6.15. The second-order valence-electron chi connectivity index (χ2n) is 8.27. The van der Waals surface area contributed by atoms with E-state index >= 15 is 0 Å². The number of carbonyl (C=O) groups is 2. The van der Waals surface area contributed by atoms with Crippen molar-refractivity contribution in [1.29, 1.82) is 0 Å². The molecule has 7 heteroatoms. The molecule has 1 aliphatic rings. The Labute approximate surface area is 191 Å². The first-order valence-electron chi connectivity index (χ1n) is 10.7. The van der Waals surface area contributed by atoms with Gasteiger partial charge in [0.2, 0.25) is 0 Å². The Kier molecular flexibility index (Phi) is 6.05. The molecule has 0 aliphatic heterocycles. The molecule has 0 spiro atoms. The summed E-state index contributed by atoms with van der Waals surface area (Å²) in [7, 11) is 3.13. The van der Waals surface area contributed by atoms with Gasteiger partial charge in [-0.3, -0.25) is 14.4 Å². The van der Waals surface area contributed by atoms with Crippen LogP contribution in [0.1, 0.15) is 55.4 Å². The average Bonchev–Trinajstić information content (AvgIpc) is 2.80. The van der Waals surface area contributed by atoms with Gasteiger partial charge in [0.05, 0.1) is 14.2 Å². The zero-order valence-corrected chi connectivity index (χ0v) is 19.1. The van der Waals surface area contributed by atoms with Crippen LogP contribution in [0.5, 0.6) is 11.5 Å². The van der Waals surface area contributed by atoms with Gasteiger partial charge < -0.3 is 19.8 Å². The number of nitrogens with one attached hydrogen (secondary N) is 2. The molecule has 33 heavy (non-hydrogen) atoms. The molecule has 1 heterocycles. The van der Waals surface area contributed by atoms with E-state index in [1.807, 2.05) is 44.2 Å². The summed E-state index contributed by atoms with van der Waals surface area (Å²) in [4.78, 5) is 41.4. The summed E-state index contributed by atoms with van der Waals surface area (Å²) in [5.74, 6) is 0.423. The number of ketones is 1. The highest BCUT2D eigenvalue weighted by Crippen LogP contribution is 2.36. The van der Waals surface area contributed by atoms with E-state index in [9.17, 15) is 14.4 Å². The first-order valence-corrected chi connectivity index (χ1v) is 10.7. The highest BCUT2D eigenvalue weighted by Gasteiger charge is 2.29. The number of fused-ring (bicyclic) bond motifs is 1. The fourth-order valence-electron chi connectivity index (χ4n) is 4.33. The summed E-state index contributed by atoms with van der Waals surface area (Å²) in [6.45, 7) is 3.77. The Hall–Kier alpha value is -3.87. The molecule has 1 atom stereocenters. The quantitative estimate of drug-likeness (QED) is 0.613. The van der Waals surface area contributed by atoms with Gasteiger partial charge in [0.1, 0.15) is 5.56 Å². The lowest BCUT2D eigenvalue weighted by Gasteiger charge is -2.24. The van der Waals surface area contributed by atoms with Gasteiger partial charge in [0, 0.05) is 23.4 Å². The molecule has 2 aromatic carbocycles. The lowest BCUT2D eigenvalue weighted by Crippen LogP contribution is -2.29. The van der Waals surface area contributed by atoms with E-state index in [4.69, 9.17) is 9.47 Å². The van der Waals surface area contributed by atoms with Crippen molar-refractivity contribution in [3.63, 3.8) is 0 Å². The molecule has 170 valence electrons. The molecule has 0 unspecified atom stereocenters. The number of aromatic amines is 1.